The number of ether oxygens (including phenoxy) is 2. The van der Waals surface area contributed by atoms with E-state index < -0.39 is 0 Å². The predicted octanol–water partition coefficient (Wildman–Crippen LogP) is 9.81. The maximum Gasteiger partial charge on any atom is 0.119 e. The Bertz CT molecular complexity index is 1470. The van der Waals surface area contributed by atoms with Crippen molar-refractivity contribution in [2.45, 2.75) is 0 Å². The first-order chi connectivity index (χ1) is 20.5. The Morgan fingerprint density at radius 1 is 0.595 bits per heavy atom. The molecule has 0 aliphatic carbocycles. The number of nitrogens with one attached hydrogen (secondary N) is 1. The van der Waals surface area contributed by atoms with Crippen LogP contribution in [0.4, 0.5) is 0 Å². The van der Waals surface area contributed by atoms with E-state index in [0.717, 1.165) is 53.4 Å². The normalized spacial score (nSPS) is 11.7. The maximum atomic E-state index is 5.52. The van der Waals surface area contributed by atoms with Gasteiger partial charge in [0.05, 0.1) is 0 Å². The van der Waals surface area contributed by atoms with E-state index in [-0.39, 0.29) is 0 Å². The van der Waals surface area contributed by atoms with Crippen molar-refractivity contribution in [1.29, 1.82) is 0 Å². The lowest BCUT2D eigenvalue weighted by atomic mass is 10.1. The summed E-state index contributed by atoms with van der Waals surface area (Å²) in [6.07, 6.45) is 3.45. The Kier molecular flexibility index (Phi) is 14.6. The lowest BCUT2D eigenvalue weighted by molar-refractivity contribution is 0.363. The number of thiol groups is 3. The lowest BCUT2D eigenvalue weighted by Gasteiger charge is -2.12. The van der Waals surface area contributed by atoms with E-state index in [2.05, 4.69) is 55.3 Å². The van der Waals surface area contributed by atoms with Gasteiger partial charge in [-0.15, -0.1) is 37.9 Å². The zero-order valence-corrected chi connectivity index (χ0v) is 26.9. The van der Waals surface area contributed by atoms with Crippen LogP contribution in [0, 0.1) is 0 Å². The van der Waals surface area contributed by atoms with Gasteiger partial charge in [0.15, 0.2) is 0 Å². The van der Waals surface area contributed by atoms with E-state index in [1.807, 2.05) is 104 Å². The molecule has 0 radical (unpaired) electrons. The van der Waals surface area contributed by atoms with Crippen LogP contribution in [0.2, 0.25) is 0 Å². The molecule has 4 rings (SSSR count). The molecule has 0 aliphatic heterocycles. The summed E-state index contributed by atoms with van der Waals surface area (Å²) in [5.41, 5.74) is 4.25. The third kappa shape index (κ3) is 10.3. The van der Waals surface area contributed by atoms with Crippen molar-refractivity contribution < 1.29 is 9.47 Å². The first-order valence-corrected chi connectivity index (χ1v) is 15.3. The van der Waals surface area contributed by atoms with Gasteiger partial charge in [-0.05, 0) is 65.5 Å². The topological polar surface area (TPSA) is 30.5 Å². The van der Waals surface area contributed by atoms with Gasteiger partial charge >= 0.3 is 0 Å². The number of rotatable bonds is 12. The summed E-state index contributed by atoms with van der Waals surface area (Å²) in [4.78, 5) is 3.72. The Labute approximate surface area is 270 Å². The molecule has 0 spiro atoms. The Balaban J connectivity index is 0.000000231. The predicted molar refractivity (Wildman–Crippen MR) is 194 cm³/mol. The molecule has 3 nitrogen and oxygen atoms in total. The Hall–Kier alpha value is -3.20. The van der Waals surface area contributed by atoms with E-state index in [1.54, 1.807) is 24.1 Å². The zero-order valence-electron chi connectivity index (χ0n) is 23.4. The highest BCUT2D eigenvalue weighted by atomic mass is 32.2. The van der Waals surface area contributed by atoms with Gasteiger partial charge in [0, 0.05) is 19.6 Å². The van der Waals surface area contributed by atoms with Gasteiger partial charge in [-0.25, -0.2) is 0 Å². The van der Waals surface area contributed by atoms with Crippen LogP contribution < -0.4 is 14.2 Å². The SMILES string of the molecule is C=CCOc1ccc(/C(S)=C(/S)c2ccccc2)cc1.C=CCOc1ccc(/C(SNC)=C(/S)c2ccccc2)cc1. The van der Waals surface area contributed by atoms with Crippen LogP contribution in [0.3, 0.4) is 0 Å². The molecule has 0 unspecified atom stereocenters. The van der Waals surface area contributed by atoms with Gasteiger partial charge in [0.2, 0.25) is 0 Å². The molecule has 0 bridgehead atoms. The van der Waals surface area contributed by atoms with Crippen LogP contribution >= 0.6 is 49.8 Å². The van der Waals surface area contributed by atoms with Crippen molar-refractivity contribution in [1.82, 2.24) is 4.72 Å². The first-order valence-electron chi connectivity index (χ1n) is 13.2. The second-order valence-corrected chi connectivity index (χ2v) is 11.0. The van der Waals surface area contributed by atoms with Gasteiger partial charge in [-0.2, -0.15) is 0 Å². The molecule has 216 valence electrons. The minimum absolute atomic E-state index is 0.505. The van der Waals surface area contributed by atoms with Crippen molar-refractivity contribution in [2.24, 2.45) is 0 Å². The summed E-state index contributed by atoms with van der Waals surface area (Å²) >= 11 is 15.4. The molecule has 1 N–H and O–H groups in total. The minimum atomic E-state index is 0.505. The monoisotopic (exact) mass is 629 g/mol. The van der Waals surface area contributed by atoms with E-state index in [4.69, 9.17) is 22.1 Å². The molecule has 0 saturated carbocycles. The number of hydrogen-bond donors (Lipinski definition) is 4. The summed E-state index contributed by atoms with van der Waals surface area (Å²) in [5, 5.41) is 0. The third-order valence-electron chi connectivity index (χ3n) is 5.72. The summed E-state index contributed by atoms with van der Waals surface area (Å²) in [5.74, 6) is 1.65. The van der Waals surface area contributed by atoms with E-state index >= 15 is 0 Å². The molecule has 0 heterocycles. The fourth-order valence-electron chi connectivity index (χ4n) is 3.66. The van der Waals surface area contributed by atoms with E-state index in [1.165, 1.54) is 0 Å². The highest BCUT2D eigenvalue weighted by Gasteiger charge is 2.10. The minimum Gasteiger partial charge on any atom is -0.490 e. The largest absolute Gasteiger partial charge is 0.490 e. The van der Waals surface area contributed by atoms with Gasteiger partial charge < -0.3 is 9.47 Å². The first kappa shape index (κ1) is 33.3. The molecule has 42 heavy (non-hydrogen) atoms. The fraction of sp³-hybridized carbons (Fsp3) is 0.0857. The highest BCUT2D eigenvalue weighted by molar-refractivity contribution is 8.08. The molecular weight excluding hydrogens is 595 g/mol. The smallest absolute Gasteiger partial charge is 0.119 e. The van der Waals surface area contributed by atoms with Crippen LogP contribution in [0.1, 0.15) is 22.3 Å². The molecular formula is C35H35NO2S4. The molecule has 4 aromatic rings. The van der Waals surface area contributed by atoms with Crippen molar-refractivity contribution >= 4 is 69.5 Å². The Morgan fingerprint density at radius 2 is 0.976 bits per heavy atom. The van der Waals surface area contributed by atoms with E-state index in [9.17, 15) is 0 Å². The quantitative estimate of drug-likeness (QED) is 0.0544. The average Bonchev–Trinajstić information content (AvgIpc) is 3.06. The number of benzene rings is 4. The Morgan fingerprint density at radius 3 is 1.38 bits per heavy atom. The molecule has 7 heteroatoms. The standard InChI is InChI=1S/C18H19NOS2.C17H16OS2/c1-3-13-20-16-11-9-15(10-12-16)18(22-19-2)17(21)14-7-5-4-6-8-14;1-2-12-18-15-10-8-14(9-11-15)17(20)16(19)13-6-4-3-5-7-13/h3-12,19,21H,1,13H2,2H3;2-11,19-20H,1,12H2/b18-17-;17-16-. The summed E-state index contributed by atoms with van der Waals surface area (Å²) in [6.45, 7) is 8.29. The molecule has 0 saturated heterocycles. The van der Waals surface area contributed by atoms with Crippen LogP contribution in [0.5, 0.6) is 11.5 Å². The van der Waals surface area contributed by atoms with Crippen LogP contribution in [0.15, 0.2) is 135 Å². The molecule has 4 aromatic carbocycles. The maximum absolute atomic E-state index is 5.52. The highest BCUT2D eigenvalue weighted by Crippen LogP contribution is 2.36. The van der Waals surface area contributed by atoms with Gasteiger partial charge in [0.25, 0.3) is 0 Å². The van der Waals surface area contributed by atoms with E-state index in [0.29, 0.717) is 13.2 Å². The van der Waals surface area contributed by atoms with Crippen LogP contribution in [-0.2, 0) is 0 Å². The third-order valence-corrected chi connectivity index (χ3v) is 8.34. The van der Waals surface area contributed by atoms with Gasteiger partial charge in [-0.3, -0.25) is 4.72 Å². The van der Waals surface area contributed by atoms with Gasteiger partial charge in [-0.1, -0.05) is 110 Å². The molecule has 0 aromatic heterocycles. The summed E-state index contributed by atoms with van der Waals surface area (Å²) in [6, 6.07) is 35.9. The summed E-state index contributed by atoms with van der Waals surface area (Å²) < 4.78 is 14.1. The summed E-state index contributed by atoms with van der Waals surface area (Å²) in [7, 11) is 1.90. The van der Waals surface area contributed by atoms with Crippen molar-refractivity contribution in [3.63, 3.8) is 0 Å². The van der Waals surface area contributed by atoms with Crippen molar-refractivity contribution in [3.05, 3.63) is 157 Å². The second kappa shape index (κ2) is 18.4. The zero-order chi connectivity index (χ0) is 30.2. The van der Waals surface area contributed by atoms with Crippen LogP contribution in [0.25, 0.3) is 19.6 Å². The van der Waals surface area contributed by atoms with Gasteiger partial charge in [0.1, 0.15) is 24.7 Å². The van der Waals surface area contributed by atoms with Crippen LogP contribution in [-0.4, -0.2) is 20.3 Å². The van der Waals surface area contributed by atoms with Crippen molar-refractivity contribution in [2.75, 3.05) is 20.3 Å². The average molecular weight is 630 g/mol. The van der Waals surface area contributed by atoms with Crippen molar-refractivity contribution in [3.8, 4) is 11.5 Å². The molecule has 0 aliphatic rings. The number of hydrogen-bond acceptors (Lipinski definition) is 7. The molecule has 0 fully saturated rings. The molecule has 0 atom stereocenters. The lowest BCUT2D eigenvalue weighted by Crippen LogP contribution is -1.96. The second-order valence-electron chi connectivity index (χ2n) is 8.66. The molecule has 0 amide bonds. The fourth-order valence-corrected chi connectivity index (χ4v) is 5.31.